The van der Waals surface area contributed by atoms with Gasteiger partial charge in [-0.15, -0.1) is 6.07 Å². The smallest absolute Gasteiger partial charge is 1.00 e. The minimum atomic E-state index is 0. The monoisotopic (exact) mass is 218 g/mol. The molecule has 0 N–H and O–H groups in total. The van der Waals surface area contributed by atoms with Gasteiger partial charge in [0, 0.05) is 6.33 Å². The van der Waals surface area contributed by atoms with E-state index in [1.807, 2.05) is 0 Å². The van der Waals surface area contributed by atoms with E-state index in [1.54, 1.807) is 18.5 Å². The van der Waals surface area contributed by atoms with Gasteiger partial charge in [-0.1, -0.05) is 12.4 Å². The predicted molar refractivity (Wildman–Crippen MR) is 27.7 cm³/mol. The topological polar surface area (TPSA) is 25.8 Å². The van der Waals surface area contributed by atoms with E-state index in [4.69, 9.17) is 0 Å². The molecule has 0 saturated heterocycles. The van der Waals surface area contributed by atoms with Crippen LogP contribution in [0.4, 0.5) is 0 Å². The molecule has 0 saturated carbocycles. The Balaban J connectivity index is 0. The molecular formula is C4H4BaN2. The molecule has 1 aromatic heterocycles. The van der Waals surface area contributed by atoms with Crippen LogP contribution >= 0.6 is 0 Å². The average Bonchev–Trinajstić information content (AvgIpc) is 1.72. The third-order valence-corrected chi connectivity index (χ3v) is 0.437. The van der Waals surface area contributed by atoms with E-state index < -0.39 is 0 Å². The van der Waals surface area contributed by atoms with Gasteiger partial charge in [-0.2, -0.15) is 0 Å². The number of rotatable bonds is 0. The van der Waals surface area contributed by atoms with Crippen molar-refractivity contribution in [2.75, 3.05) is 0 Å². The molecule has 0 aromatic carbocycles. The maximum absolute atomic E-state index is 3.55. The molecule has 7 heavy (non-hydrogen) atoms. The molecule has 1 heterocycles. The first-order chi connectivity index (χ1) is 3.00. The number of hydrogen-bond acceptors (Lipinski definition) is 2. The first-order valence-electron chi connectivity index (χ1n) is 1.63. The van der Waals surface area contributed by atoms with Crippen LogP contribution in [0.15, 0.2) is 18.5 Å². The Kier molecular flexibility index (Phi) is 5.25. The molecule has 0 amide bonds. The Morgan fingerprint density at radius 2 is 1.86 bits per heavy atom. The van der Waals surface area contributed by atoms with Gasteiger partial charge in [0.25, 0.3) is 0 Å². The van der Waals surface area contributed by atoms with Crippen LogP contribution < -0.4 is 0 Å². The van der Waals surface area contributed by atoms with E-state index in [1.165, 1.54) is 0 Å². The molecular weight excluding hydrogens is 213 g/mol. The molecule has 0 aliphatic heterocycles. The van der Waals surface area contributed by atoms with Gasteiger partial charge in [0.1, 0.15) is 0 Å². The van der Waals surface area contributed by atoms with Crippen LogP contribution in [-0.2, 0) is 0 Å². The summed E-state index contributed by atoms with van der Waals surface area (Å²) in [4.78, 5) is 7.10. The Bertz CT molecular complexity index is 86.0. The number of hydrogen-bond donors (Lipinski definition) is 0. The largest absolute Gasteiger partial charge is 2.00 e. The van der Waals surface area contributed by atoms with Gasteiger partial charge in [0.2, 0.25) is 0 Å². The van der Waals surface area contributed by atoms with E-state index in [0.717, 1.165) is 0 Å². The SMILES string of the molecule is [Ba+2].[H-].[c-]1ncccn1. The summed E-state index contributed by atoms with van der Waals surface area (Å²) in [5.41, 5.74) is 0. The van der Waals surface area contributed by atoms with Crippen LogP contribution in [0, 0.1) is 6.33 Å². The standard InChI is InChI=1S/C4H3N2.Ba.H/c1-2-5-4-6-3-1;;/h1-3H;;/q-1;+2;-1. The molecule has 0 spiro atoms. The fourth-order valence-corrected chi connectivity index (χ4v) is 0.225. The van der Waals surface area contributed by atoms with Crippen LogP contribution in [0.5, 0.6) is 0 Å². The summed E-state index contributed by atoms with van der Waals surface area (Å²) in [7, 11) is 0. The van der Waals surface area contributed by atoms with Crippen molar-refractivity contribution in [2.24, 2.45) is 0 Å². The summed E-state index contributed by atoms with van der Waals surface area (Å²) in [6.45, 7) is 0. The van der Waals surface area contributed by atoms with Gasteiger partial charge < -0.3 is 11.4 Å². The van der Waals surface area contributed by atoms with Crippen LogP contribution in [-0.4, -0.2) is 58.8 Å². The Morgan fingerprint density at radius 3 is 2.00 bits per heavy atom. The molecule has 0 radical (unpaired) electrons. The summed E-state index contributed by atoms with van der Waals surface area (Å²) in [5.74, 6) is 0. The van der Waals surface area contributed by atoms with Crippen molar-refractivity contribution in [1.29, 1.82) is 0 Å². The summed E-state index contributed by atoms with van der Waals surface area (Å²) in [6, 6.07) is 1.75. The van der Waals surface area contributed by atoms with Crippen LogP contribution in [0.25, 0.3) is 0 Å². The first kappa shape index (κ1) is 7.65. The van der Waals surface area contributed by atoms with Gasteiger partial charge in [-0.3, -0.25) is 0 Å². The van der Waals surface area contributed by atoms with Crippen molar-refractivity contribution in [3.05, 3.63) is 24.8 Å². The molecule has 32 valence electrons. The normalized spacial score (nSPS) is 6.86. The van der Waals surface area contributed by atoms with Crippen molar-refractivity contribution >= 4 is 48.9 Å². The average molecular weight is 217 g/mol. The number of nitrogens with zero attached hydrogens (tertiary/aromatic N) is 2. The van der Waals surface area contributed by atoms with E-state index in [9.17, 15) is 0 Å². The van der Waals surface area contributed by atoms with Gasteiger partial charge >= 0.3 is 48.9 Å². The maximum atomic E-state index is 3.55. The Morgan fingerprint density at radius 1 is 1.29 bits per heavy atom. The maximum Gasteiger partial charge on any atom is 2.00 e. The van der Waals surface area contributed by atoms with Crippen molar-refractivity contribution in [3.8, 4) is 0 Å². The first-order valence-corrected chi connectivity index (χ1v) is 1.63. The molecule has 1 rings (SSSR count). The third-order valence-electron chi connectivity index (χ3n) is 0.437. The molecule has 0 unspecified atom stereocenters. The Hall–Kier alpha value is 0.651. The van der Waals surface area contributed by atoms with Gasteiger partial charge in [-0.05, 0) is 0 Å². The summed E-state index contributed by atoms with van der Waals surface area (Å²) in [6.07, 6.45) is 5.66. The van der Waals surface area contributed by atoms with Crippen LogP contribution in [0.1, 0.15) is 1.43 Å². The van der Waals surface area contributed by atoms with Crippen LogP contribution in [0.3, 0.4) is 0 Å². The van der Waals surface area contributed by atoms with Crippen molar-refractivity contribution < 1.29 is 1.43 Å². The second kappa shape index (κ2) is 4.80. The second-order valence-corrected chi connectivity index (χ2v) is 0.849. The van der Waals surface area contributed by atoms with Gasteiger partial charge in [0.15, 0.2) is 0 Å². The zero-order valence-electron chi connectivity index (χ0n) is 4.83. The molecule has 0 bridgehead atoms. The van der Waals surface area contributed by atoms with Crippen molar-refractivity contribution in [1.82, 2.24) is 9.97 Å². The van der Waals surface area contributed by atoms with Crippen LogP contribution in [0.2, 0.25) is 0 Å². The number of aromatic nitrogens is 2. The van der Waals surface area contributed by atoms with Crippen molar-refractivity contribution in [2.45, 2.75) is 0 Å². The minimum Gasteiger partial charge on any atom is -1.00 e. The molecule has 0 aliphatic carbocycles. The fourth-order valence-electron chi connectivity index (χ4n) is 0.225. The molecule has 1 aromatic rings. The zero-order chi connectivity index (χ0) is 4.24. The summed E-state index contributed by atoms with van der Waals surface area (Å²) in [5, 5.41) is 0. The van der Waals surface area contributed by atoms with E-state index >= 15 is 0 Å². The molecule has 2 nitrogen and oxygen atoms in total. The second-order valence-electron chi connectivity index (χ2n) is 0.849. The van der Waals surface area contributed by atoms with Crippen molar-refractivity contribution in [3.63, 3.8) is 0 Å². The molecule has 0 aliphatic rings. The Labute approximate surface area is 83.9 Å². The van der Waals surface area contributed by atoms with Gasteiger partial charge in [-0.25, -0.2) is 0 Å². The summed E-state index contributed by atoms with van der Waals surface area (Å²) >= 11 is 0. The minimum absolute atomic E-state index is 0. The third kappa shape index (κ3) is 3.25. The predicted octanol–water partition coefficient (Wildman–Crippen LogP) is 0.00849. The van der Waals surface area contributed by atoms with E-state index in [2.05, 4.69) is 16.3 Å². The van der Waals surface area contributed by atoms with Gasteiger partial charge in [0.05, 0.1) is 0 Å². The molecule has 3 heteroatoms. The summed E-state index contributed by atoms with van der Waals surface area (Å²) < 4.78 is 0. The van der Waals surface area contributed by atoms with E-state index in [-0.39, 0.29) is 50.3 Å². The quantitative estimate of drug-likeness (QED) is 0.452. The molecule has 0 atom stereocenters. The zero-order valence-corrected chi connectivity index (χ0v) is 8.27. The fraction of sp³-hybridized carbons (Fsp3) is 0. The van der Waals surface area contributed by atoms with E-state index in [0.29, 0.717) is 0 Å². The molecule has 0 fully saturated rings.